The minimum absolute atomic E-state index is 0.232. The summed E-state index contributed by atoms with van der Waals surface area (Å²) in [5.74, 6) is -0.232. The molecule has 0 radical (unpaired) electrons. The van der Waals surface area contributed by atoms with Crippen LogP contribution in [-0.4, -0.2) is 12.0 Å². The molecule has 3 nitrogen and oxygen atoms in total. The second kappa shape index (κ2) is 4.13. The van der Waals surface area contributed by atoms with E-state index in [1.54, 1.807) is 19.4 Å². The van der Waals surface area contributed by atoms with Gasteiger partial charge in [-0.25, -0.2) is 4.39 Å². The zero-order valence-corrected chi connectivity index (χ0v) is 8.33. The lowest BCUT2D eigenvalue weighted by Crippen LogP contribution is -1.91. The van der Waals surface area contributed by atoms with Crippen molar-refractivity contribution in [2.45, 2.75) is 6.42 Å². The van der Waals surface area contributed by atoms with E-state index >= 15 is 0 Å². The first-order valence-corrected chi connectivity index (χ1v) is 4.64. The molecule has 1 aromatic carbocycles. The molecule has 0 amide bonds. The predicted molar refractivity (Wildman–Crippen MR) is 55.3 cm³/mol. The van der Waals surface area contributed by atoms with Crippen molar-refractivity contribution >= 4 is 6.01 Å². The molecule has 1 heterocycles. The first kappa shape index (κ1) is 9.71. The van der Waals surface area contributed by atoms with Gasteiger partial charge in [0.2, 0.25) is 0 Å². The predicted octanol–water partition coefficient (Wildman–Crippen LogP) is 2.45. The van der Waals surface area contributed by atoms with Gasteiger partial charge in [-0.1, -0.05) is 12.1 Å². The minimum atomic E-state index is -0.232. The summed E-state index contributed by atoms with van der Waals surface area (Å²) in [5.41, 5.74) is 1.66. The van der Waals surface area contributed by atoms with E-state index in [0.29, 0.717) is 12.4 Å². The van der Waals surface area contributed by atoms with Crippen LogP contribution in [0.3, 0.4) is 0 Å². The van der Waals surface area contributed by atoms with E-state index < -0.39 is 0 Å². The van der Waals surface area contributed by atoms with Crippen molar-refractivity contribution in [2.24, 2.45) is 0 Å². The van der Waals surface area contributed by atoms with E-state index in [0.717, 1.165) is 11.3 Å². The lowest BCUT2D eigenvalue weighted by molar-refractivity contribution is 0.574. The van der Waals surface area contributed by atoms with Gasteiger partial charge in [0.15, 0.2) is 0 Å². The second-order valence-electron chi connectivity index (χ2n) is 3.20. The summed E-state index contributed by atoms with van der Waals surface area (Å²) in [6.45, 7) is 0. The van der Waals surface area contributed by atoms with Gasteiger partial charge in [0, 0.05) is 13.5 Å². The average molecular weight is 206 g/mol. The van der Waals surface area contributed by atoms with Gasteiger partial charge >= 0.3 is 0 Å². The summed E-state index contributed by atoms with van der Waals surface area (Å²) >= 11 is 0. The van der Waals surface area contributed by atoms with Crippen LogP contribution in [0.25, 0.3) is 0 Å². The second-order valence-corrected chi connectivity index (χ2v) is 3.20. The number of aromatic nitrogens is 1. The van der Waals surface area contributed by atoms with Crippen LogP contribution in [0.15, 0.2) is 34.9 Å². The molecule has 1 N–H and O–H groups in total. The van der Waals surface area contributed by atoms with E-state index in [4.69, 9.17) is 4.42 Å². The van der Waals surface area contributed by atoms with Gasteiger partial charge < -0.3 is 9.73 Å². The van der Waals surface area contributed by atoms with Crippen molar-refractivity contribution in [3.05, 3.63) is 47.6 Å². The van der Waals surface area contributed by atoms with Gasteiger partial charge in [-0.05, 0) is 17.7 Å². The maximum Gasteiger partial charge on any atom is 0.294 e. The maximum atomic E-state index is 12.9. The maximum absolute atomic E-state index is 12.9. The fourth-order valence-electron chi connectivity index (χ4n) is 1.36. The van der Waals surface area contributed by atoms with Gasteiger partial charge in [0.1, 0.15) is 12.1 Å². The third-order valence-electron chi connectivity index (χ3n) is 2.04. The molecule has 2 aromatic rings. The van der Waals surface area contributed by atoms with E-state index in [-0.39, 0.29) is 5.82 Å². The van der Waals surface area contributed by atoms with Crippen LogP contribution >= 0.6 is 0 Å². The molecule has 2 rings (SSSR count). The summed E-state index contributed by atoms with van der Waals surface area (Å²) < 4.78 is 18.0. The normalized spacial score (nSPS) is 10.3. The van der Waals surface area contributed by atoms with Crippen molar-refractivity contribution in [3.63, 3.8) is 0 Å². The summed E-state index contributed by atoms with van der Waals surface area (Å²) in [6.07, 6.45) is 2.14. The Kier molecular flexibility index (Phi) is 2.67. The lowest BCUT2D eigenvalue weighted by atomic mass is 10.1. The number of anilines is 1. The Bertz CT molecular complexity index is 453. The molecule has 0 bridgehead atoms. The number of nitrogens with zero attached hydrogens (tertiary/aromatic N) is 1. The molecular formula is C11H11FN2O. The summed E-state index contributed by atoms with van der Waals surface area (Å²) in [4.78, 5) is 4.15. The number of nitrogens with one attached hydrogen (secondary N) is 1. The first-order valence-electron chi connectivity index (χ1n) is 4.64. The summed E-state index contributed by atoms with van der Waals surface area (Å²) in [6, 6.07) is 6.93. The molecule has 0 aliphatic rings. The van der Waals surface area contributed by atoms with Gasteiger partial charge in [-0.15, -0.1) is 0 Å². The zero-order valence-electron chi connectivity index (χ0n) is 8.33. The van der Waals surface area contributed by atoms with E-state index in [2.05, 4.69) is 10.3 Å². The van der Waals surface area contributed by atoms with Gasteiger partial charge in [-0.2, -0.15) is 4.98 Å². The Hall–Kier alpha value is -1.84. The molecule has 1 aromatic heterocycles. The average Bonchev–Trinajstić information content (AvgIpc) is 2.65. The quantitative estimate of drug-likeness (QED) is 0.838. The molecule has 0 fully saturated rings. The van der Waals surface area contributed by atoms with E-state index in [9.17, 15) is 4.39 Å². The molecule has 0 atom stereocenters. The van der Waals surface area contributed by atoms with Crippen molar-refractivity contribution in [3.8, 4) is 0 Å². The topological polar surface area (TPSA) is 38.1 Å². The van der Waals surface area contributed by atoms with Gasteiger partial charge in [-0.3, -0.25) is 0 Å². The monoisotopic (exact) mass is 206 g/mol. The minimum Gasteiger partial charge on any atom is -0.432 e. The van der Waals surface area contributed by atoms with Gasteiger partial charge in [0.05, 0.1) is 5.69 Å². The van der Waals surface area contributed by atoms with Crippen LogP contribution in [0, 0.1) is 5.82 Å². The summed E-state index contributed by atoms with van der Waals surface area (Å²) in [5, 5.41) is 2.79. The van der Waals surface area contributed by atoms with Gasteiger partial charge in [0.25, 0.3) is 6.01 Å². The lowest BCUT2D eigenvalue weighted by Gasteiger charge is -1.96. The molecule has 0 saturated carbocycles. The zero-order chi connectivity index (χ0) is 10.7. The van der Waals surface area contributed by atoms with Crippen LogP contribution in [-0.2, 0) is 6.42 Å². The molecular weight excluding hydrogens is 195 g/mol. The van der Waals surface area contributed by atoms with Crippen LogP contribution in [0.5, 0.6) is 0 Å². The number of oxazole rings is 1. The van der Waals surface area contributed by atoms with Crippen LogP contribution in [0.4, 0.5) is 10.4 Å². The number of hydrogen-bond donors (Lipinski definition) is 1. The third kappa shape index (κ3) is 2.34. The number of rotatable bonds is 3. The van der Waals surface area contributed by atoms with E-state index in [1.807, 2.05) is 6.07 Å². The Morgan fingerprint density at radius 3 is 3.00 bits per heavy atom. The van der Waals surface area contributed by atoms with Crippen LogP contribution in [0.2, 0.25) is 0 Å². The number of hydrogen-bond acceptors (Lipinski definition) is 3. The van der Waals surface area contributed by atoms with Crippen molar-refractivity contribution in [1.29, 1.82) is 0 Å². The number of benzene rings is 1. The first-order chi connectivity index (χ1) is 7.28. The molecule has 15 heavy (non-hydrogen) atoms. The van der Waals surface area contributed by atoms with Crippen molar-refractivity contribution in [2.75, 3.05) is 12.4 Å². The Labute approximate surface area is 86.9 Å². The molecule has 0 aliphatic carbocycles. The molecule has 78 valence electrons. The molecule has 0 saturated heterocycles. The molecule has 0 unspecified atom stereocenters. The summed E-state index contributed by atoms with van der Waals surface area (Å²) in [7, 11) is 1.73. The fraction of sp³-hybridized carbons (Fsp3) is 0.182. The highest BCUT2D eigenvalue weighted by atomic mass is 19.1. The standard InChI is InChI=1S/C11H11FN2O/c1-13-11-14-10(7-15-11)6-8-3-2-4-9(12)5-8/h2-5,7H,6H2,1H3,(H,13,14). The highest BCUT2D eigenvalue weighted by Gasteiger charge is 2.03. The largest absolute Gasteiger partial charge is 0.432 e. The highest BCUT2D eigenvalue weighted by molar-refractivity contribution is 5.25. The Morgan fingerprint density at radius 1 is 1.47 bits per heavy atom. The SMILES string of the molecule is CNc1nc(Cc2cccc(F)c2)co1. The van der Waals surface area contributed by atoms with E-state index in [1.165, 1.54) is 12.1 Å². The Morgan fingerprint density at radius 2 is 2.33 bits per heavy atom. The molecule has 4 heteroatoms. The number of halogens is 1. The van der Waals surface area contributed by atoms with Crippen LogP contribution in [0.1, 0.15) is 11.3 Å². The smallest absolute Gasteiger partial charge is 0.294 e. The van der Waals surface area contributed by atoms with Crippen LogP contribution < -0.4 is 5.32 Å². The van der Waals surface area contributed by atoms with Crippen molar-refractivity contribution < 1.29 is 8.81 Å². The third-order valence-corrected chi connectivity index (χ3v) is 2.04. The molecule has 0 aliphatic heterocycles. The van der Waals surface area contributed by atoms with Crippen molar-refractivity contribution in [1.82, 2.24) is 4.98 Å². The Balaban J connectivity index is 2.14. The molecule has 0 spiro atoms. The highest BCUT2D eigenvalue weighted by Crippen LogP contribution is 2.12. The fourth-order valence-corrected chi connectivity index (χ4v) is 1.36.